The molecule has 0 aromatic rings. The lowest BCUT2D eigenvalue weighted by Gasteiger charge is -2.47. The van der Waals surface area contributed by atoms with Gasteiger partial charge in [0.15, 0.2) is 56.6 Å². The molecule has 52 N–H and O–H groups in total. The first-order valence-electron chi connectivity index (χ1n) is 42.1. The van der Waals surface area contributed by atoms with Gasteiger partial charge in [0.2, 0.25) is 0 Å². The lowest BCUT2D eigenvalue weighted by atomic mass is 9.84. The average molecular weight is 1810 g/mol. The fourth-order valence-corrected chi connectivity index (χ4v) is 17.4. The summed E-state index contributed by atoms with van der Waals surface area (Å²) < 4.78 is 120. The lowest BCUT2D eigenvalue weighted by Crippen LogP contribution is -2.67. The van der Waals surface area contributed by atoms with Gasteiger partial charge >= 0.3 is 0 Å². The zero-order chi connectivity index (χ0) is 91.4. The Morgan fingerprint density at radius 3 is 0.750 bits per heavy atom. The van der Waals surface area contributed by atoms with Crippen LogP contribution in [0.3, 0.4) is 0 Å². The minimum Gasteiger partial charge on any atom is -0.394 e. The van der Waals surface area contributed by atoms with Crippen LogP contribution in [0, 0.1) is 0 Å². The van der Waals surface area contributed by atoms with E-state index in [1.54, 1.807) is 0 Å². The summed E-state index contributed by atoms with van der Waals surface area (Å²) in [6, 6.07) is -11.3. The van der Waals surface area contributed by atoms with E-state index in [1.807, 2.05) is 13.8 Å². The number of aliphatic hydroxyl groups is 16. The van der Waals surface area contributed by atoms with E-state index < -0.39 is 332 Å². The minimum absolute atomic E-state index is 0.0577. The van der Waals surface area contributed by atoms with Gasteiger partial charge in [-0.25, -0.2) is 4.39 Å². The quantitative estimate of drug-likeness (QED) is 0.0363. The van der Waals surface area contributed by atoms with Crippen molar-refractivity contribution >= 4 is 0 Å². The standard InChI is InChI=1S/2C24H48N6O11.C23H45FN6O12/c2*1-7(26)11-3-2-8(27)22(36-11)39-19-10(29)4-9(28)15(32)21(19)41-24-18(35)20(13(6-31)38-24)40-23-14(30)17(34)16(33)12(5-25)37-23;24-10-11(29)21(37-7(2-25)14(10)33)40-18-6(28)1-5(27)13(32)20(18)42-23-17(36)19(9(4-31)39-23)41-22-12(30)16(35)15(34)8(3-26)38-22/h2*7-24,31-35H,2-6,25-30H2,1H3;5-23,31-36H,1-4,25-30H2. The van der Waals surface area contributed by atoms with Gasteiger partial charge in [-0.05, 0) is 58.8 Å². The normalized spacial score (nSPS) is 52.6. The van der Waals surface area contributed by atoms with E-state index in [0.29, 0.717) is 25.7 Å². The van der Waals surface area contributed by atoms with Crippen LogP contribution >= 0.6 is 0 Å². The molecule has 55 atom stereocenters. The number of hydrogen-bond acceptors (Lipinski definition) is 52. The molecule has 0 aromatic carbocycles. The fourth-order valence-electron chi connectivity index (χ4n) is 17.4. The first-order valence-corrected chi connectivity index (χ1v) is 42.1. The maximum Gasteiger partial charge on any atom is 0.187 e. The summed E-state index contributed by atoms with van der Waals surface area (Å²) >= 11 is 0. The lowest BCUT2D eigenvalue weighted by molar-refractivity contribution is -0.302. The molecule has 726 valence electrons. The molecule has 12 fully saturated rings. The van der Waals surface area contributed by atoms with E-state index >= 15 is 0 Å². The van der Waals surface area contributed by atoms with Crippen molar-refractivity contribution in [3.8, 4) is 0 Å². The maximum atomic E-state index is 14.7. The second kappa shape index (κ2) is 45.7. The fraction of sp³-hybridized carbons (Fsp3) is 1.00. The molecule has 9 heterocycles. The highest BCUT2D eigenvalue weighted by molar-refractivity contribution is 5.07. The van der Waals surface area contributed by atoms with Gasteiger partial charge in [-0.3, -0.25) is 0 Å². The molecule has 55 unspecified atom stereocenters. The van der Waals surface area contributed by atoms with Crippen molar-refractivity contribution in [2.45, 2.75) is 395 Å². The Morgan fingerprint density at radius 2 is 0.492 bits per heavy atom. The SMILES string of the molecule is CC(N)C1CCC(N)C(OC2C(N)CC(N)C(O)C2OC2OC(CO)C(OC3OC(CN)C(O)C(O)C3N)C2O)O1.CC(N)C1CCC(N)C(OC2C(N)CC(N)C(O)C2OC2OC(CO)C(OC3OC(CN)C(O)C(O)C3N)C2O)O1.NCC1OC(OC2C(CO)OC(OC3C(O)C(N)CC(N)C3OC3OC(CN)C(O)C(F)C3N)C2O)C(N)C(O)C1O. The Kier molecular flexibility index (Phi) is 38.3. The zero-order valence-corrected chi connectivity index (χ0v) is 68.9. The maximum absolute atomic E-state index is 14.7. The third-order valence-corrected chi connectivity index (χ3v) is 25.2. The summed E-state index contributed by atoms with van der Waals surface area (Å²) in [7, 11) is 0. The van der Waals surface area contributed by atoms with Gasteiger partial charge in [0.1, 0.15) is 165 Å². The van der Waals surface area contributed by atoms with Gasteiger partial charge in [0.05, 0.1) is 86.6 Å². The van der Waals surface area contributed by atoms with E-state index in [4.69, 9.17) is 188 Å². The highest BCUT2D eigenvalue weighted by Gasteiger charge is 2.60. The van der Waals surface area contributed by atoms with Crippen LogP contribution in [0.1, 0.15) is 58.8 Å². The molecule has 0 spiro atoms. The molecule has 12 aliphatic rings. The summed E-state index contributed by atoms with van der Waals surface area (Å²) in [4.78, 5) is 0. The third-order valence-electron chi connectivity index (χ3n) is 25.2. The number of hydrogen-bond donors (Lipinski definition) is 34. The first kappa shape index (κ1) is 104. The van der Waals surface area contributed by atoms with Gasteiger partial charge in [0, 0.05) is 74.5 Å². The number of halogens is 1. The van der Waals surface area contributed by atoms with E-state index in [0.717, 1.165) is 0 Å². The van der Waals surface area contributed by atoms with Crippen LogP contribution in [-0.2, 0) is 85.3 Å². The van der Waals surface area contributed by atoms with Crippen LogP contribution in [0.25, 0.3) is 0 Å². The highest BCUT2D eigenvalue weighted by Crippen LogP contribution is 2.40. The van der Waals surface area contributed by atoms with Gasteiger partial charge < -0.3 is 270 Å². The van der Waals surface area contributed by atoms with Gasteiger partial charge in [-0.1, -0.05) is 0 Å². The van der Waals surface area contributed by atoms with Crippen LogP contribution in [0.5, 0.6) is 0 Å². The molecule has 0 radical (unpaired) electrons. The van der Waals surface area contributed by atoms with E-state index in [9.17, 15) is 86.1 Å². The van der Waals surface area contributed by atoms with Crippen LogP contribution in [0.2, 0.25) is 0 Å². The second-order valence-corrected chi connectivity index (χ2v) is 34.3. The second-order valence-electron chi connectivity index (χ2n) is 34.3. The summed E-state index contributed by atoms with van der Waals surface area (Å²) in [5.74, 6) is 0. The van der Waals surface area contributed by atoms with Crippen molar-refractivity contribution < 1.29 is 171 Å². The van der Waals surface area contributed by atoms with Gasteiger partial charge in [-0.2, -0.15) is 0 Å². The largest absolute Gasteiger partial charge is 0.394 e. The van der Waals surface area contributed by atoms with Crippen molar-refractivity contribution in [2.75, 3.05) is 46.0 Å². The third kappa shape index (κ3) is 23.2. The topological polar surface area (TPSA) is 958 Å². The molecule has 0 amide bonds. The first-order chi connectivity index (χ1) is 58.6. The number of ether oxygens (including phenoxy) is 18. The molecule has 12 rings (SSSR count). The molecule has 0 aromatic heterocycles. The van der Waals surface area contributed by atoms with E-state index in [-0.39, 0.29) is 69.7 Å². The van der Waals surface area contributed by atoms with Crippen LogP contribution in [0.15, 0.2) is 0 Å². The summed E-state index contributed by atoms with van der Waals surface area (Å²) in [6.07, 6.45) is -48.1. The van der Waals surface area contributed by atoms with Crippen molar-refractivity contribution in [3.63, 3.8) is 0 Å². The molecule has 9 aliphatic heterocycles. The minimum atomic E-state index is -1.95. The number of aliphatic hydroxyl groups excluding tert-OH is 16. The van der Waals surface area contributed by atoms with Crippen molar-refractivity contribution in [1.82, 2.24) is 0 Å². The molecule has 3 aliphatic carbocycles. The van der Waals surface area contributed by atoms with Crippen molar-refractivity contribution in [3.05, 3.63) is 0 Å². The van der Waals surface area contributed by atoms with Crippen LogP contribution in [0.4, 0.5) is 4.39 Å². The molecule has 0 bridgehead atoms. The Hall–Kier alpha value is -2.15. The predicted octanol–water partition coefficient (Wildman–Crippen LogP) is -20.8. The zero-order valence-electron chi connectivity index (χ0n) is 68.9. The monoisotopic (exact) mass is 1810 g/mol. The summed E-state index contributed by atoms with van der Waals surface area (Å²) in [5, 5.41) is 167. The molecule has 124 heavy (non-hydrogen) atoms. The Morgan fingerprint density at radius 1 is 0.258 bits per heavy atom. The van der Waals surface area contributed by atoms with E-state index in [2.05, 4.69) is 0 Å². The van der Waals surface area contributed by atoms with Crippen molar-refractivity contribution in [2.24, 2.45) is 103 Å². The van der Waals surface area contributed by atoms with Crippen molar-refractivity contribution in [1.29, 1.82) is 0 Å². The molecule has 53 heteroatoms. The van der Waals surface area contributed by atoms with Gasteiger partial charge in [-0.15, -0.1) is 0 Å². The highest BCUT2D eigenvalue weighted by atomic mass is 19.1. The van der Waals surface area contributed by atoms with Crippen LogP contribution < -0.4 is 103 Å². The average Bonchev–Trinajstić information content (AvgIpc) is 1.22. The smallest absolute Gasteiger partial charge is 0.187 e. The number of alkyl halides is 1. The number of rotatable bonds is 27. The Balaban J connectivity index is 0.000000195. The van der Waals surface area contributed by atoms with E-state index in [1.165, 1.54) is 0 Å². The van der Waals surface area contributed by atoms with Crippen LogP contribution in [-0.4, -0.2) is 464 Å². The molecule has 3 saturated carbocycles. The number of nitrogens with two attached hydrogens (primary N) is 18. The predicted molar refractivity (Wildman–Crippen MR) is 418 cm³/mol. The molecular weight excluding hydrogens is 1670 g/mol. The molecule has 52 nitrogen and oxygen atoms in total. The molecular formula is C71H141FN18O34. The summed E-state index contributed by atoms with van der Waals surface area (Å²) in [5.41, 5.74) is 108. The summed E-state index contributed by atoms with van der Waals surface area (Å²) in [6.45, 7) is 1.11. The molecule has 9 saturated heterocycles. The van der Waals surface area contributed by atoms with Gasteiger partial charge in [0.25, 0.3) is 0 Å². The Bertz CT molecular complexity index is 3040. The Labute approximate surface area is 713 Å².